The first kappa shape index (κ1) is 31.0. The molecular formula is C27H48F2O5. The van der Waals surface area contributed by atoms with Gasteiger partial charge in [-0.05, 0) is 51.9 Å². The molecule has 0 radical (unpaired) electrons. The van der Waals surface area contributed by atoms with Crippen LogP contribution in [-0.4, -0.2) is 46.2 Å². The van der Waals surface area contributed by atoms with Crippen LogP contribution in [0, 0.1) is 11.8 Å². The quantitative estimate of drug-likeness (QED) is 0.162. The number of aliphatic hydroxyl groups is 2. The van der Waals surface area contributed by atoms with Crippen LogP contribution in [0.5, 0.6) is 0 Å². The molecule has 0 aliphatic heterocycles. The van der Waals surface area contributed by atoms with Crippen molar-refractivity contribution in [2.45, 2.75) is 148 Å². The Hall–Kier alpha value is -1.08. The Labute approximate surface area is 205 Å². The molecule has 1 fully saturated rings. The first-order valence-corrected chi connectivity index (χ1v) is 13.5. The van der Waals surface area contributed by atoms with Gasteiger partial charge in [0.25, 0.3) is 5.92 Å². The summed E-state index contributed by atoms with van der Waals surface area (Å²) in [7, 11) is 0. The molecular weight excluding hydrogens is 442 g/mol. The summed E-state index contributed by atoms with van der Waals surface area (Å²) in [4.78, 5) is 23.9. The van der Waals surface area contributed by atoms with Crippen molar-refractivity contribution in [2.24, 2.45) is 11.8 Å². The lowest BCUT2D eigenvalue weighted by Crippen LogP contribution is -2.34. The van der Waals surface area contributed by atoms with E-state index in [0.29, 0.717) is 19.3 Å². The Morgan fingerprint density at radius 1 is 1.03 bits per heavy atom. The lowest BCUT2D eigenvalue weighted by atomic mass is 9.84. The molecule has 0 aromatic carbocycles. The van der Waals surface area contributed by atoms with Crippen LogP contribution in [0.2, 0.25) is 0 Å². The van der Waals surface area contributed by atoms with E-state index >= 15 is 0 Å². The number of carbonyl (C=O) groups excluding carboxylic acids is 2. The van der Waals surface area contributed by atoms with Crippen molar-refractivity contribution < 1.29 is 33.3 Å². The molecule has 4 atom stereocenters. The van der Waals surface area contributed by atoms with Crippen molar-refractivity contribution >= 4 is 11.8 Å². The van der Waals surface area contributed by atoms with Gasteiger partial charge < -0.3 is 14.9 Å². The second kappa shape index (κ2) is 16.6. The average Bonchev–Trinajstić information content (AvgIpc) is 3.02. The highest BCUT2D eigenvalue weighted by Crippen LogP contribution is 2.38. The predicted molar refractivity (Wildman–Crippen MR) is 130 cm³/mol. The summed E-state index contributed by atoms with van der Waals surface area (Å²) in [6.45, 7) is 5.69. The van der Waals surface area contributed by atoms with Crippen LogP contribution < -0.4 is 0 Å². The molecule has 0 saturated heterocycles. The average molecular weight is 491 g/mol. The third-order valence-corrected chi connectivity index (χ3v) is 6.97. The largest absolute Gasteiger partial charge is 0.463 e. The minimum Gasteiger partial charge on any atom is -0.463 e. The summed E-state index contributed by atoms with van der Waals surface area (Å²) in [6, 6.07) is 0. The maximum absolute atomic E-state index is 14.3. The molecule has 0 aromatic heterocycles. The van der Waals surface area contributed by atoms with Crippen molar-refractivity contribution in [1.82, 2.24) is 0 Å². The smallest absolute Gasteiger partial charge is 0.306 e. The number of ketones is 1. The summed E-state index contributed by atoms with van der Waals surface area (Å²) in [5, 5.41) is 20.4. The highest BCUT2D eigenvalue weighted by Gasteiger charge is 2.43. The lowest BCUT2D eigenvalue weighted by molar-refractivity contribution is -0.147. The van der Waals surface area contributed by atoms with E-state index in [4.69, 9.17) is 4.74 Å². The molecule has 0 spiro atoms. The fourth-order valence-corrected chi connectivity index (χ4v) is 4.96. The molecule has 1 aliphatic rings. The van der Waals surface area contributed by atoms with Gasteiger partial charge in [-0.15, -0.1) is 0 Å². The standard InChI is InChI=1S/C27H48F2O5/c1-4-5-6-13-18-27(28,29)25(32)17-16-22-21(23(30)19-24(22)31)14-11-9-7-8-10-12-15-26(33)34-20(2)3/h20-22,24-25,31-32H,4-19H2,1-3H3/t21?,22-,24?,25?/m1/s1. The number of unbranched alkanes of at least 4 members (excludes halogenated alkanes) is 8. The van der Waals surface area contributed by atoms with Gasteiger partial charge in [-0.2, -0.15) is 0 Å². The van der Waals surface area contributed by atoms with Crippen molar-refractivity contribution in [3.05, 3.63) is 0 Å². The van der Waals surface area contributed by atoms with E-state index in [2.05, 4.69) is 0 Å². The van der Waals surface area contributed by atoms with Crippen molar-refractivity contribution in [3.8, 4) is 0 Å². The van der Waals surface area contributed by atoms with Crippen molar-refractivity contribution in [2.75, 3.05) is 0 Å². The van der Waals surface area contributed by atoms with E-state index in [9.17, 15) is 28.6 Å². The maximum atomic E-state index is 14.3. The van der Waals surface area contributed by atoms with Crippen molar-refractivity contribution in [3.63, 3.8) is 0 Å². The molecule has 1 rings (SSSR count). The van der Waals surface area contributed by atoms with E-state index < -0.39 is 18.1 Å². The molecule has 0 bridgehead atoms. The highest BCUT2D eigenvalue weighted by molar-refractivity contribution is 5.84. The second-order valence-electron chi connectivity index (χ2n) is 10.4. The minimum absolute atomic E-state index is 0.0157. The predicted octanol–water partition coefficient (Wildman–Crippen LogP) is 6.37. The number of hydrogen-bond acceptors (Lipinski definition) is 5. The van der Waals surface area contributed by atoms with Gasteiger partial charge in [-0.3, -0.25) is 9.59 Å². The number of esters is 1. The van der Waals surface area contributed by atoms with Crippen LogP contribution in [0.15, 0.2) is 0 Å². The Balaban J connectivity index is 2.30. The Morgan fingerprint density at radius 3 is 2.29 bits per heavy atom. The van der Waals surface area contributed by atoms with Crippen LogP contribution in [0.25, 0.3) is 0 Å². The molecule has 3 unspecified atom stereocenters. The number of alkyl halides is 2. The lowest BCUT2D eigenvalue weighted by Gasteiger charge is -2.26. The highest BCUT2D eigenvalue weighted by atomic mass is 19.3. The zero-order valence-corrected chi connectivity index (χ0v) is 21.6. The monoisotopic (exact) mass is 490 g/mol. The third-order valence-electron chi connectivity index (χ3n) is 6.97. The van der Waals surface area contributed by atoms with Crippen LogP contribution in [-0.2, 0) is 14.3 Å². The topological polar surface area (TPSA) is 83.8 Å². The molecule has 2 N–H and O–H groups in total. The Morgan fingerprint density at radius 2 is 1.65 bits per heavy atom. The zero-order valence-electron chi connectivity index (χ0n) is 21.6. The van der Waals surface area contributed by atoms with Gasteiger partial charge >= 0.3 is 5.97 Å². The van der Waals surface area contributed by atoms with E-state index in [0.717, 1.165) is 57.8 Å². The van der Waals surface area contributed by atoms with Gasteiger partial charge in [0.1, 0.15) is 11.9 Å². The number of rotatable bonds is 19. The van der Waals surface area contributed by atoms with Crippen LogP contribution in [0.4, 0.5) is 8.78 Å². The minimum atomic E-state index is -3.12. The molecule has 0 heterocycles. The number of aliphatic hydroxyl groups excluding tert-OH is 2. The van der Waals surface area contributed by atoms with E-state index in [-0.39, 0.29) is 55.4 Å². The van der Waals surface area contributed by atoms with E-state index in [1.54, 1.807) is 0 Å². The van der Waals surface area contributed by atoms with Gasteiger partial charge in [0.2, 0.25) is 0 Å². The summed E-state index contributed by atoms with van der Waals surface area (Å²) in [5.74, 6) is -3.90. The zero-order chi connectivity index (χ0) is 25.6. The first-order valence-electron chi connectivity index (χ1n) is 13.5. The fourth-order valence-electron chi connectivity index (χ4n) is 4.96. The summed E-state index contributed by atoms with van der Waals surface area (Å²) >= 11 is 0. The summed E-state index contributed by atoms with van der Waals surface area (Å²) in [5.41, 5.74) is 0. The molecule has 1 aliphatic carbocycles. The summed E-state index contributed by atoms with van der Waals surface area (Å²) in [6.07, 6.45) is 7.05. The van der Waals surface area contributed by atoms with Gasteiger partial charge in [0.05, 0.1) is 12.2 Å². The van der Waals surface area contributed by atoms with E-state index in [1.165, 1.54) is 0 Å². The molecule has 200 valence electrons. The maximum Gasteiger partial charge on any atom is 0.306 e. The van der Waals surface area contributed by atoms with Crippen LogP contribution >= 0.6 is 0 Å². The fraction of sp³-hybridized carbons (Fsp3) is 0.926. The Kier molecular flexibility index (Phi) is 15.1. The number of Topliss-reactive ketones (excluding diaryl/α,β-unsaturated/α-hetero) is 1. The number of hydrogen-bond donors (Lipinski definition) is 2. The van der Waals surface area contributed by atoms with Crippen LogP contribution in [0.3, 0.4) is 0 Å². The van der Waals surface area contributed by atoms with Gasteiger partial charge in [0.15, 0.2) is 0 Å². The third kappa shape index (κ3) is 12.1. The molecule has 7 heteroatoms. The molecule has 0 aromatic rings. The second-order valence-corrected chi connectivity index (χ2v) is 10.4. The molecule has 0 amide bonds. The normalized spacial score (nSPS) is 21.9. The van der Waals surface area contributed by atoms with Crippen molar-refractivity contribution in [1.29, 1.82) is 0 Å². The number of ether oxygens (including phenoxy) is 1. The first-order chi connectivity index (χ1) is 16.1. The van der Waals surface area contributed by atoms with Crippen LogP contribution in [0.1, 0.15) is 124 Å². The summed E-state index contributed by atoms with van der Waals surface area (Å²) < 4.78 is 33.6. The molecule has 5 nitrogen and oxygen atoms in total. The van der Waals surface area contributed by atoms with E-state index in [1.807, 2.05) is 20.8 Å². The van der Waals surface area contributed by atoms with Gasteiger partial charge in [0, 0.05) is 25.2 Å². The molecule has 34 heavy (non-hydrogen) atoms. The number of halogens is 2. The SMILES string of the molecule is CCCCCCC(F)(F)C(O)CC[C@H]1C(O)CC(=O)C1CCCCCCCCC(=O)OC(C)C. The van der Waals surface area contributed by atoms with Gasteiger partial charge in [-0.1, -0.05) is 58.3 Å². The van der Waals surface area contributed by atoms with Gasteiger partial charge in [-0.25, -0.2) is 8.78 Å². The molecule has 1 saturated carbocycles. The Bertz CT molecular complexity index is 581. The number of carbonyl (C=O) groups is 2.